The summed E-state index contributed by atoms with van der Waals surface area (Å²) in [7, 11) is 1.85. The summed E-state index contributed by atoms with van der Waals surface area (Å²) in [6.45, 7) is 1.65. The normalized spacial score (nSPS) is 22.5. The van der Waals surface area contributed by atoms with Crippen LogP contribution in [0.25, 0.3) is 0 Å². The molecule has 0 aliphatic carbocycles. The topological polar surface area (TPSA) is 47.3 Å². The quantitative estimate of drug-likeness (QED) is 0.721. The third-order valence-corrected chi connectivity index (χ3v) is 2.51. The third kappa shape index (κ3) is 1.59. The molecule has 1 saturated heterocycles. The number of ether oxygens (including phenoxy) is 1. The van der Waals surface area contributed by atoms with E-state index in [4.69, 9.17) is 9.84 Å². The number of aliphatic hydroxyl groups is 1. The third-order valence-electron chi connectivity index (χ3n) is 2.51. The van der Waals surface area contributed by atoms with E-state index in [1.807, 2.05) is 13.1 Å². The van der Waals surface area contributed by atoms with Crippen LogP contribution in [0.5, 0.6) is 0 Å². The molecular formula is C9H14N2O2. The van der Waals surface area contributed by atoms with E-state index >= 15 is 0 Å². The summed E-state index contributed by atoms with van der Waals surface area (Å²) in [4.78, 5) is 0. The Kier molecular flexibility index (Phi) is 2.33. The van der Waals surface area contributed by atoms with Gasteiger partial charge in [0.2, 0.25) is 0 Å². The molecule has 0 radical (unpaired) electrons. The highest BCUT2D eigenvalue weighted by atomic mass is 16.5. The summed E-state index contributed by atoms with van der Waals surface area (Å²) in [6, 6.07) is 1.96. The van der Waals surface area contributed by atoms with Crippen molar-refractivity contribution in [2.75, 3.05) is 13.2 Å². The van der Waals surface area contributed by atoms with Crippen LogP contribution in [0.2, 0.25) is 0 Å². The fraction of sp³-hybridized carbons (Fsp3) is 0.667. The number of aromatic nitrogens is 2. The van der Waals surface area contributed by atoms with Crippen molar-refractivity contribution in [2.24, 2.45) is 7.05 Å². The van der Waals surface area contributed by atoms with Gasteiger partial charge in [-0.2, -0.15) is 5.10 Å². The Morgan fingerprint density at radius 2 is 2.62 bits per heavy atom. The van der Waals surface area contributed by atoms with Crippen molar-refractivity contribution in [3.63, 3.8) is 0 Å². The lowest BCUT2D eigenvalue weighted by Gasteiger charge is -2.00. The summed E-state index contributed by atoms with van der Waals surface area (Å²) < 4.78 is 7.01. The second-order valence-corrected chi connectivity index (χ2v) is 3.40. The van der Waals surface area contributed by atoms with Gasteiger partial charge in [-0.25, -0.2) is 0 Å². The molecule has 72 valence electrons. The molecular weight excluding hydrogens is 168 g/mol. The van der Waals surface area contributed by atoms with Crippen molar-refractivity contribution in [1.82, 2.24) is 9.78 Å². The predicted octanol–water partition coefficient (Wildman–Crippen LogP) is 0.416. The van der Waals surface area contributed by atoms with E-state index in [-0.39, 0.29) is 6.61 Å². The highest BCUT2D eigenvalue weighted by Crippen LogP contribution is 2.24. The van der Waals surface area contributed by atoms with Crippen molar-refractivity contribution in [3.05, 3.63) is 17.5 Å². The van der Waals surface area contributed by atoms with Crippen molar-refractivity contribution >= 4 is 0 Å². The van der Waals surface area contributed by atoms with Gasteiger partial charge in [0, 0.05) is 19.6 Å². The fourth-order valence-corrected chi connectivity index (χ4v) is 1.65. The molecule has 4 nitrogen and oxygen atoms in total. The monoisotopic (exact) mass is 182 g/mol. The lowest BCUT2D eigenvalue weighted by Crippen LogP contribution is -2.00. The molecule has 4 heteroatoms. The molecule has 0 spiro atoms. The van der Waals surface area contributed by atoms with Gasteiger partial charge < -0.3 is 9.84 Å². The maximum absolute atomic E-state index is 8.98. The Morgan fingerprint density at radius 1 is 1.77 bits per heavy atom. The second kappa shape index (κ2) is 3.47. The minimum atomic E-state index is 0.0527. The Balaban J connectivity index is 2.20. The van der Waals surface area contributed by atoms with Crippen LogP contribution < -0.4 is 0 Å². The number of rotatable bonds is 2. The lowest BCUT2D eigenvalue weighted by atomic mass is 10.1. The molecule has 1 aromatic heterocycles. The molecule has 0 saturated carbocycles. The Labute approximate surface area is 77.1 Å². The van der Waals surface area contributed by atoms with E-state index in [0.29, 0.717) is 5.92 Å². The molecule has 1 aliphatic rings. The van der Waals surface area contributed by atoms with Gasteiger partial charge in [-0.1, -0.05) is 0 Å². The smallest absolute Gasteiger partial charge is 0.0849 e. The van der Waals surface area contributed by atoms with E-state index in [1.54, 1.807) is 4.68 Å². The first-order chi connectivity index (χ1) is 6.31. The molecule has 1 atom stereocenters. The van der Waals surface area contributed by atoms with Crippen molar-refractivity contribution < 1.29 is 9.84 Å². The van der Waals surface area contributed by atoms with Gasteiger partial charge in [-0.3, -0.25) is 4.68 Å². The minimum absolute atomic E-state index is 0.0527. The highest BCUT2D eigenvalue weighted by molar-refractivity contribution is 5.14. The molecule has 1 fully saturated rings. The zero-order chi connectivity index (χ0) is 9.26. The van der Waals surface area contributed by atoms with Crippen LogP contribution in [0.4, 0.5) is 0 Å². The lowest BCUT2D eigenvalue weighted by molar-refractivity contribution is 0.193. The average Bonchev–Trinajstić information content (AvgIpc) is 2.71. The molecule has 2 rings (SSSR count). The number of nitrogens with zero attached hydrogens (tertiary/aromatic N) is 2. The highest BCUT2D eigenvalue weighted by Gasteiger charge is 2.20. The van der Waals surface area contributed by atoms with Gasteiger partial charge in [0.25, 0.3) is 0 Å². The van der Waals surface area contributed by atoms with Crippen molar-refractivity contribution in [3.8, 4) is 0 Å². The van der Waals surface area contributed by atoms with Crippen LogP contribution in [0, 0.1) is 0 Å². The molecule has 0 bridgehead atoms. The summed E-state index contributed by atoms with van der Waals surface area (Å²) in [5.74, 6) is 0.423. The molecule has 1 N–H and O–H groups in total. The van der Waals surface area contributed by atoms with Gasteiger partial charge in [0.15, 0.2) is 0 Å². The fourth-order valence-electron chi connectivity index (χ4n) is 1.65. The maximum Gasteiger partial charge on any atom is 0.0849 e. The van der Waals surface area contributed by atoms with E-state index in [2.05, 4.69) is 5.10 Å². The predicted molar refractivity (Wildman–Crippen MR) is 47.3 cm³/mol. The minimum Gasteiger partial charge on any atom is -0.390 e. The van der Waals surface area contributed by atoms with Crippen LogP contribution in [0.15, 0.2) is 6.07 Å². The first-order valence-corrected chi connectivity index (χ1v) is 4.52. The molecule has 0 aromatic carbocycles. The number of hydrogen-bond donors (Lipinski definition) is 1. The summed E-state index contributed by atoms with van der Waals surface area (Å²) >= 11 is 0. The molecule has 13 heavy (non-hydrogen) atoms. The largest absolute Gasteiger partial charge is 0.390 e. The zero-order valence-corrected chi connectivity index (χ0v) is 7.73. The van der Waals surface area contributed by atoms with Crippen molar-refractivity contribution in [1.29, 1.82) is 0 Å². The molecule has 0 amide bonds. The first kappa shape index (κ1) is 8.72. The van der Waals surface area contributed by atoms with E-state index < -0.39 is 0 Å². The number of hydrogen-bond acceptors (Lipinski definition) is 3. The average molecular weight is 182 g/mol. The van der Waals surface area contributed by atoms with E-state index in [0.717, 1.165) is 31.0 Å². The van der Waals surface area contributed by atoms with E-state index in [9.17, 15) is 0 Å². The number of aliphatic hydroxyl groups excluding tert-OH is 1. The summed E-state index contributed by atoms with van der Waals surface area (Å²) in [5.41, 5.74) is 1.91. The molecule has 1 aromatic rings. The molecule has 2 heterocycles. The van der Waals surface area contributed by atoms with Gasteiger partial charge >= 0.3 is 0 Å². The van der Waals surface area contributed by atoms with Crippen LogP contribution >= 0.6 is 0 Å². The van der Waals surface area contributed by atoms with Gasteiger partial charge in [-0.05, 0) is 12.5 Å². The standard InChI is InChI=1S/C9H14N2O2/c1-11-8(5-12)4-9(10-11)7-2-3-13-6-7/h4,7,12H,2-3,5-6H2,1H3. The van der Waals surface area contributed by atoms with Gasteiger partial charge in [0.1, 0.15) is 0 Å². The first-order valence-electron chi connectivity index (χ1n) is 4.52. The Bertz CT molecular complexity index is 290. The van der Waals surface area contributed by atoms with Crippen LogP contribution in [-0.4, -0.2) is 28.1 Å². The second-order valence-electron chi connectivity index (χ2n) is 3.40. The Hall–Kier alpha value is -0.870. The van der Waals surface area contributed by atoms with Gasteiger partial charge in [-0.15, -0.1) is 0 Å². The zero-order valence-electron chi connectivity index (χ0n) is 7.73. The van der Waals surface area contributed by atoms with E-state index in [1.165, 1.54) is 0 Å². The van der Waals surface area contributed by atoms with Crippen LogP contribution in [0.3, 0.4) is 0 Å². The summed E-state index contributed by atoms with van der Waals surface area (Å²) in [6.07, 6.45) is 1.04. The van der Waals surface area contributed by atoms with Crippen LogP contribution in [0.1, 0.15) is 23.7 Å². The Morgan fingerprint density at radius 3 is 3.15 bits per heavy atom. The molecule has 1 unspecified atom stereocenters. The maximum atomic E-state index is 8.98. The van der Waals surface area contributed by atoms with Gasteiger partial charge in [0.05, 0.1) is 24.6 Å². The molecule has 1 aliphatic heterocycles. The number of aryl methyl sites for hydroxylation is 1. The SMILES string of the molecule is Cn1nc(C2CCOC2)cc1CO. The van der Waals surface area contributed by atoms with Crippen molar-refractivity contribution in [2.45, 2.75) is 18.9 Å². The summed E-state index contributed by atoms with van der Waals surface area (Å²) in [5, 5.41) is 13.3. The van der Waals surface area contributed by atoms with Crippen LogP contribution in [-0.2, 0) is 18.4 Å².